The van der Waals surface area contributed by atoms with Crippen molar-refractivity contribution in [2.24, 2.45) is 0 Å². The molecular formula is C12H13NO. The third-order valence-corrected chi connectivity index (χ3v) is 2.61. The zero-order chi connectivity index (χ0) is 10.1. The van der Waals surface area contributed by atoms with Crippen molar-refractivity contribution in [1.29, 1.82) is 0 Å². The molecule has 2 heteroatoms. The fraction of sp³-hybridized carbons (Fsp3) is 0.250. The molecule has 0 aliphatic carbocycles. The Morgan fingerprint density at radius 2 is 2.36 bits per heavy atom. The number of carbonyl (C=O) groups excluding carboxylic acids is 1. The molecule has 1 amide bonds. The number of anilines is 1. The molecule has 1 aromatic carbocycles. The van der Waals surface area contributed by atoms with Crippen LogP contribution in [0.5, 0.6) is 0 Å². The first-order valence-electron chi connectivity index (χ1n) is 4.76. The van der Waals surface area contributed by atoms with Crippen molar-refractivity contribution in [3.05, 3.63) is 35.9 Å². The molecule has 14 heavy (non-hydrogen) atoms. The molecule has 0 fully saturated rings. The number of amides is 1. The van der Waals surface area contributed by atoms with E-state index in [1.165, 1.54) is 5.56 Å². The number of benzene rings is 1. The summed E-state index contributed by atoms with van der Waals surface area (Å²) < 4.78 is 0. The van der Waals surface area contributed by atoms with Gasteiger partial charge in [0.25, 0.3) is 0 Å². The summed E-state index contributed by atoms with van der Waals surface area (Å²) in [5.74, 6) is 0.120. The van der Waals surface area contributed by atoms with Crippen LogP contribution in [-0.2, 0) is 11.2 Å². The third kappa shape index (κ3) is 1.33. The predicted molar refractivity (Wildman–Crippen MR) is 58.3 cm³/mol. The van der Waals surface area contributed by atoms with Gasteiger partial charge >= 0.3 is 0 Å². The van der Waals surface area contributed by atoms with Crippen LogP contribution >= 0.6 is 0 Å². The van der Waals surface area contributed by atoms with E-state index in [9.17, 15) is 4.79 Å². The van der Waals surface area contributed by atoms with E-state index in [2.05, 4.69) is 12.6 Å². The number of rotatable bonds is 1. The van der Waals surface area contributed by atoms with Crippen LogP contribution in [-0.4, -0.2) is 12.5 Å². The van der Waals surface area contributed by atoms with Crippen LogP contribution in [0.15, 0.2) is 24.8 Å². The van der Waals surface area contributed by atoms with E-state index in [1.807, 2.05) is 23.1 Å². The van der Waals surface area contributed by atoms with Gasteiger partial charge in [-0.3, -0.25) is 4.79 Å². The second-order valence-corrected chi connectivity index (χ2v) is 3.51. The molecule has 0 aromatic heterocycles. The maximum atomic E-state index is 11.3. The molecule has 0 unspecified atom stereocenters. The van der Waals surface area contributed by atoms with Crippen molar-refractivity contribution in [2.45, 2.75) is 13.3 Å². The van der Waals surface area contributed by atoms with Gasteiger partial charge < -0.3 is 4.90 Å². The molecule has 0 radical (unpaired) electrons. The van der Waals surface area contributed by atoms with Crippen LogP contribution in [0, 0.1) is 0 Å². The smallest absolute Gasteiger partial charge is 0.223 e. The van der Waals surface area contributed by atoms with Gasteiger partial charge in [0, 0.05) is 19.2 Å². The Balaban J connectivity index is 2.43. The van der Waals surface area contributed by atoms with Crippen molar-refractivity contribution in [1.82, 2.24) is 0 Å². The summed E-state index contributed by atoms with van der Waals surface area (Å²) in [7, 11) is 0. The lowest BCUT2D eigenvalue weighted by Gasteiger charge is -2.14. The number of hydrogen-bond donors (Lipinski definition) is 0. The van der Waals surface area contributed by atoms with Crippen LogP contribution in [0.4, 0.5) is 5.69 Å². The molecule has 72 valence electrons. The fourth-order valence-corrected chi connectivity index (χ4v) is 1.88. The van der Waals surface area contributed by atoms with Crippen LogP contribution in [0.25, 0.3) is 6.08 Å². The minimum atomic E-state index is 0.120. The van der Waals surface area contributed by atoms with E-state index in [0.717, 1.165) is 24.2 Å². The topological polar surface area (TPSA) is 20.3 Å². The highest BCUT2D eigenvalue weighted by Crippen LogP contribution is 2.28. The normalized spacial score (nSPS) is 13.9. The van der Waals surface area contributed by atoms with Crippen LogP contribution < -0.4 is 4.90 Å². The first kappa shape index (κ1) is 9.00. The van der Waals surface area contributed by atoms with Crippen molar-refractivity contribution < 1.29 is 4.79 Å². The summed E-state index contributed by atoms with van der Waals surface area (Å²) in [5, 5.41) is 0. The highest BCUT2D eigenvalue weighted by atomic mass is 16.2. The second-order valence-electron chi connectivity index (χ2n) is 3.51. The molecule has 0 atom stereocenters. The molecule has 0 saturated carbocycles. The van der Waals surface area contributed by atoms with Gasteiger partial charge in [0.2, 0.25) is 5.91 Å². The Labute approximate surface area is 83.8 Å². The van der Waals surface area contributed by atoms with Gasteiger partial charge in [0.15, 0.2) is 0 Å². The van der Waals surface area contributed by atoms with Crippen LogP contribution in [0.2, 0.25) is 0 Å². The minimum Gasteiger partial charge on any atom is -0.312 e. The third-order valence-electron chi connectivity index (χ3n) is 2.61. The summed E-state index contributed by atoms with van der Waals surface area (Å²) in [6.45, 7) is 6.15. The lowest BCUT2D eigenvalue weighted by molar-refractivity contribution is -0.116. The molecule has 0 saturated heterocycles. The van der Waals surface area contributed by atoms with E-state index >= 15 is 0 Å². The molecule has 1 aromatic rings. The van der Waals surface area contributed by atoms with E-state index in [1.54, 1.807) is 6.92 Å². The average molecular weight is 187 g/mol. The van der Waals surface area contributed by atoms with Gasteiger partial charge in [0.1, 0.15) is 0 Å². The molecular weight excluding hydrogens is 174 g/mol. The van der Waals surface area contributed by atoms with Gasteiger partial charge in [-0.05, 0) is 29.7 Å². The number of fused-ring (bicyclic) bond motifs is 1. The standard InChI is InChI=1S/C12H13NO/c1-3-10-4-5-12-11(8-10)6-7-13(12)9(2)14/h3-5,8H,1,6-7H2,2H3. The summed E-state index contributed by atoms with van der Waals surface area (Å²) in [6, 6.07) is 6.10. The molecule has 0 bridgehead atoms. The molecule has 2 rings (SSSR count). The number of carbonyl (C=O) groups is 1. The zero-order valence-corrected chi connectivity index (χ0v) is 8.29. The number of hydrogen-bond acceptors (Lipinski definition) is 1. The van der Waals surface area contributed by atoms with E-state index in [4.69, 9.17) is 0 Å². The monoisotopic (exact) mass is 187 g/mol. The maximum absolute atomic E-state index is 11.3. The Morgan fingerprint density at radius 1 is 1.57 bits per heavy atom. The Morgan fingerprint density at radius 3 is 3.00 bits per heavy atom. The minimum absolute atomic E-state index is 0.120. The molecule has 1 aliphatic rings. The summed E-state index contributed by atoms with van der Waals surface area (Å²) >= 11 is 0. The van der Waals surface area contributed by atoms with Gasteiger partial charge in [-0.2, -0.15) is 0 Å². The second kappa shape index (κ2) is 3.29. The lowest BCUT2D eigenvalue weighted by Crippen LogP contribution is -2.25. The van der Waals surface area contributed by atoms with E-state index in [-0.39, 0.29) is 5.91 Å². The summed E-state index contributed by atoms with van der Waals surface area (Å²) in [5.41, 5.74) is 3.43. The van der Waals surface area contributed by atoms with Crippen LogP contribution in [0.3, 0.4) is 0 Å². The van der Waals surface area contributed by atoms with Crippen LogP contribution in [0.1, 0.15) is 18.1 Å². The number of nitrogens with zero attached hydrogens (tertiary/aromatic N) is 1. The molecule has 0 spiro atoms. The summed E-state index contributed by atoms with van der Waals surface area (Å²) in [4.78, 5) is 13.1. The molecule has 0 N–H and O–H groups in total. The Bertz CT molecular complexity index is 395. The first-order valence-corrected chi connectivity index (χ1v) is 4.76. The summed E-state index contributed by atoms with van der Waals surface area (Å²) in [6.07, 6.45) is 2.79. The average Bonchev–Trinajstić information content (AvgIpc) is 2.59. The van der Waals surface area contributed by atoms with Crippen molar-refractivity contribution in [3.63, 3.8) is 0 Å². The SMILES string of the molecule is C=Cc1ccc2c(c1)CCN2C(C)=O. The zero-order valence-electron chi connectivity index (χ0n) is 8.29. The highest BCUT2D eigenvalue weighted by molar-refractivity contribution is 5.93. The largest absolute Gasteiger partial charge is 0.312 e. The van der Waals surface area contributed by atoms with Crippen molar-refractivity contribution in [2.75, 3.05) is 11.4 Å². The van der Waals surface area contributed by atoms with Gasteiger partial charge in [0.05, 0.1) is 0 Å². The van der Waals surface area contributed by atoms with E-state index in [0.29, 0.717) is 0 Å². The first-order chi connectivity index (χ1) is 6.72. The molecule has 2 nitrogen and oxygen atoms in total. The fourth-order valence-electron chi connectivity index (χ4n) is 1.88. The van der Waals surface area contributed by atoms with Gasteiger partial charge in [-0.15, -0.1) is 0 Å². The van der Waals surface area contributed by atoms with Gasteiger partial charge in [-0.25, -0.2) is 0 Å². The molecule has 1 aliphatic heterocycles. The van der Waals surface area contributed by atoms with Gasteiger partial charge in [-0.1, -0.05) is 18.7 Å². The van der Waals surface area contributed by atoms with Crippen molar-refractivity contribution >= 4 is 17.7 Å². The predicted octanol–water partition coefficient (Wildman–Crippen LogP) is 2.24. The maximum Gasteiger partial charge on any atom is 0.223 e. The lowest BCUT2D eigenvalue weighted by atomic mass is 10.1. The highest BCUT2D eigenvalue weighted by Gasteiger charge is 2.21. The quantitative estimate of drug-likeness (QED) is 0.660. The van der Waals surface area contributed by atoms with E-state index < -0.39 is 0 Å². The Hall–Kier alpha value is -1.57. The van der Waals surface area contributed by atoms with Crippen molar-refractivity contribution in [3.8, 4) is 0 Å². The molecule has 1 heterocycles. The Kier molecular flexibility index (Phi) is 2.12.